The van der Waals surface area contributed by atoms with E-state index in [1.165, 1.54) is 0 Å². The first kappa shape index (κ1) is 28.1. The van der Waals surface area contributed by atoms with Gasteiger partial charge in [-0.3, -0.25) is 4.57 Å². The van der Waals surface area contributed by atoms with E-state index < -0.39 is 5.54 Å². The van der Waals surface area contributed by atoms with Crippen LogP contribution in [0.15, 0.2) is 174 Å². The van der Waals surface area contributed by atoms with Crippen LogP contribution in [0, 0.1) is 0 Å². The summed E-state index contributed by atoms with van der Waals surface area (Å²) in [7, 11) is 0. The maximum absolute atomic E-state index is 6.94. The van der Waals surface area contributed by atoms with Crippen LogP contribution >= 0.6 is 0 Å². The fourth-order valence-corrected chi connectivity index (χ4v) is 8.34. The molecule has 6 aromatic carbocycles. The Morgan fingerprint density at radius 2 is 1.24 bits per heavy atom. The Bertz CT molecular complexity index is 2750. The van der Waals surface area contributed by atoms with E-state index in [4.69, 9.17) is 14.1 Å². The topological polar surface area (TPSA) is 46.7 Å². The molecule has 5 heterocycles. The number of anilines is 3. The van der Waals surface area contributed by atoms with Gasteiger partial charge >= 0.3 is 0 Å². The van der Waals surface area contributed by atoms with E-state index in [1.807, 2.05) is 18.2 Å². The summed E-state index contributed by atoms with van der Waals surface area (Å²) >= 11 is 0. The Morgan fingerprint density at radius 1 is 0.549 bits per heavy atom. The fraction of sp³-hybridized carbons (Fsp3) is 0.0444. The number of pyridine rings is 1. The highest BCUT2D eigenvalue weighted by Crippen LogP contribution is 2.55. The summed E-state index contributed by atoms with van der Waals surface area (Å²) in [6.45, 7) is 0.503. The number of furan rings is 1. The molecule has 0 radical (unpaired) electrons. The molecule has 9 aromatic rings. The van der Waals surface area contributed by atoms with E-state index in [-0.39, 0.29) is 0 Å². The smallest absolute Gasteiger partial charge is 0.223 e. The van der Waals surface area contributed by atoms with E-state index >= 15 is 0 Å². The molecule has 0 saturated heterocycles. The maximum atomic E-state index is 6.94. The predicted octanol–water partition coefficient (Wildman–Crippen LogP) is 10.9. The third kappa shape index (κ3) is 3.96. The summed E-state index contributed by atoms with van der Waals surface area (Å²) in [5.41, 5.74) is 7.11. The van der Waals surface area contributed by atoms with Crippen molar-refractivity contribution in [1.29, 1.82) is 0 Å². The summed E-state index contributed by atoms with van der Waals surface area (Å²) < 4.78 is 15.9. The lowest BCUT2D eigenvalue weighted by molar-refractivity contribution is 0.483. The molecule has 3 aromatic heterocycles. The Kier molecular flexibility index (Phi) is 5.84. The molecule has 0 N–H and O–H groups in total. The van der Waals surface area contributed by atoms with Gasteiger partial charge in [0.05, 0.1) is 23.4 Å². The van der Waals surface area contributed by atoms with E-state index in [1.54, 1.807) is 0 Å². The monoisotopic (exact) mass is 658 g/mol. The first-order valence-electron chi connectivity index (χ1n) is 17.2. The first-order valence-corrected chi connectivity index (χ1v) is 17.2. The average Bonchev–Trinajstić information content (AvgIpc) is 3.85. The minimum absolute atomic E-state index is 0.503. The summed E-state index contributed by atoms with van der Waals surface area (Å²) in [6.07, 6.45) is 0. The second-order valence-electron chi connectivity index (χ2n) is 13.2. The molecule has 6 nitrogen and oxygen atoms in total. The van der Waals surface area contributed by atoms with Crippen LogP contribution in [0.2, 0.25) is 0 Å². The molecule has 11 rings (SSSR count). The van der Waals surface area contributed by atoms with Gasteiger partial charge in [0.2, 0.25) is 5.88 Å². The highest BCUT2D eigenvalue weighted by molar-refractivity contribution is 6.09. The van der Waals surface area contributed by atoms with E-state index in [9.17, 15) is 0 Å². The number of nitrogens with zero attached hydrogens (tertiary/aromatic N) is 4. The molecule has 2 aliphatic heterocycles. The summed E-state index contributed by atoms with van der Waals surface area (Å²) in [6, 6.07) is 59.4. The Balaban J connectivity index is 1.32. The van der Waals surface area contributed by atoms with Crippen LogP contribution in [0.1, 0.15) is 16.8 Å². The van der Waals surface area contributed by atoms with Crippen LogP contribution in [0.3, 0.4) is 0 Å². The number of ether oxygens (including phenoxy) is 1. The van der Waals surface area contributed by atoms with E-state index in [0.717, 1.165) is 84.2 Å². The summed E-state index contributed by atoms with van der Waals surface area (Å²) in [5.74, 6) is 3.13. The minimum atomic E-state index is -0.895. The molecule has 6 heteroatoms. The molecule has 0 fully saturated rings. The molecular weight excluding hydrogens is 629 g/mol. The predicted molar refractivity (Wildman–Crippen MR) is 204 cm³/mol. The number of aromatic nitrogens is 2. The molecule has 51 heavy (non-hydrogen) atoms. The zero-order valence-electron chi connectivity index (χ0n) is 27.5. The minimum Gasteiger partial charge on any atom is -0.457 e. The number of benzene rings is 6. The van der Waals surface area contributed by atoms with Crippen LogP contribution in [-0.4, -0.2) is 16.2 Å². The van der Waals surface area contributed by atoms with Crippen molar-refractivity contribution in [3.8, 4) is 17.3 Å². The quantitative estimate of drug-likeness (QED) is 0.185. The van der Waals surface area contributed by atoms with Crippen LogP contribution in [-0.2, 0) is 5.54 Å². The maximum Gasteiger partial charge on any atom is 0.223 e. The SMILES string of the molecule is c1ccc(C2(c3ccccc3)c3cccc(n3)-n3c4ccccc4c4ccc(cc43)Oc3cccc(c3)N3CN2c2oc4ccccc4c23)cc1. The van der Waals surface area contributed by atoms with Crippen molar-refractivity contribution in [1.82, 2.24) is 9.55 Å². The fourth-order valence-electron chi connectivity index (χ4n) is 8.34. The average molecular weight is 659 g/mol. The number of fused-ring (bicyclic) bond motifs is 17. The van der Waals surface area contributed by atoms with Crippen LogP contribution in [0.4, 0.5) is 17.3 Å². The molecule has 0 spiro atoms. The molecule has 0 aliphatic carbocycles. The molecule has 2 aliphatic rings. The zero-order valence-corrected chi connectivity index (χ0v) is 27.5. The number of para-hydroxylation sites is 2. The molecular formula is C45H30N4O2. The van der Waals surface area contributed by atoms with Gasteiger partial charge in [-0.1, -0.05) is 103 Å². The van der Waals surface area contributed by atoms with E-state index in [0.29, 0.717) is 6.67 Å². The lowest BCUT2D eigenvalue weighted by Crippen LogP contribution is -2.50. The highest BCUT2D eigenvalue weighted by Gasteiger charge is 2.50. The first-order chi connectivity index (χ1) is 25.3. The number of hydrogen-bond acceptors (Lipinski definition) is 5. The number of hydrogen-bond donors (Lipinski definition) is 0. The van der Waals surface area contributed by atoms with Gasteiger partial charge in [0.1, 0.15) is 34.1 Å². The molecule has 0 saturated carbocycles. The highest BCUT2D eigenvalue weighted by atomic mass is 16.5. The second kappa shape index (κ2) is 10.6. The van der Waals surface area contributed by atoms with Crippen molar-refractivity contribution >= 4 is 50.0 Å². The standard InChI is InChI=1S/C45H30N4O2/c1-3-13-30(14-4-1)45(31-15-5-2-6-16-31)41-23-12-24-42(46-41)49-38-21-9-7-19-35(38)36-26-25-34(28-39(36)49)50-33-18-11-17-32(27-33)47-29-48(45)44-43(47)37-20-8-10-22-40(37)51-44/h1-28H,29H2. The third-order valence-electron chi connectivity index (χ3n) is 10.5. The lowest BCUT2D eigenvalue weighted by atomic mass is 9.78. The summed E-state index contributed by atoms with van der Waals surface area (Å²) in [5, 5.41) is 3.35. The van der Waals surface area contributed by atoms with Crippen molar-refractivity contribution in [2.24, 2.45) is 0 Å². The van der Waals surface area contributed by atoms with Crippen molar-refractivity contribution in [2.75, 3.05) is 16.5 Å². The zero-order chi connectivity index (χ0) is 33.5. The Morgan fingerprint density at radius 3 is 2.06 bits per heavy atom. The molecule has 0 atom stereocenters. The third-order valence-corrected chi connectivity index (χ3v) is 10.5. The lowest BCUT2D eigenvalue weighted by Gasteiger charge is -2.43. The van der Waals surface area contributed by atoms with Gasteiger partial charge in [-0.2, -0.15) is 0 Å². The molecule has 0 amide bonds. The van der Waals surface area contributed by atoms with Gasteiger partial charge in [-0.05, 0) is 65.7 Å². The Hall–Kier alpha value is -6.79. The molecule has 8 bridgehead atoms. The second-order valence-corrected chi connectivity index (χ2v) is 13.2. The van der Waals surface area contributed by atoms with Gasteiger partial charge in [-0.15, -0.1) is 0 Å². The van der Waals surface area contributed by atoms with Gasteiger partial charge in [0.25, 0.3) is 0 Å². The van der Waals surface area contributed by atoms with Crippen LogP contribution < -0.4 is 14.5 Å². The van der Waals surface area contributed by atoms with Gasteiger partial charge in [0, 0.05) is 34.0 Å². The van der Waals surface area contributed by atoms with Gasteiger partial charge in [-0.25, -0.2) is 4.98 Å². The summed E-state index contributed by atoms with van der Waals surface area (Å²) in [4.78, 5) is 10.4. The van der Waals surface area contributed by atoms with Crippen molar-refractivity contribution in [3.63, 3.8) is 0 Å². The van der Waals surface area contributed by atoms with Crippen LogP contribution in [0.5, 0.6) is 11.5 Å². The van der Waals surface area contributed by atoms with Crippen molar-refractivity contribution in [2.45, 2.75) is 5.54 Å². The Labute approximate surface area is 294 Å². The molecule has 242 valence electrons. The molecule has 0 unspecified atom stereocenters. The number of rotatable bonds is 2. The van der Waals surface area contributed by atoms with Crippen LogP contribution in [0.25, 0.3) is 38.6 Å². The van der Waals surface area contributed by atoms with Gasteiger partial charge < -0.3 is 19.0 Å². The van der Waals surface area contributed by atoms with Crippen molar-refractivity contribution in [3.05, 3.63) is 187 Å². The normalized spacial score (nSPS) is 14.4. The largest absolute Gasteiger partial charge is 0.457 e. The van der Waals surface area contributed by atoms with Gasteiger partial charge in [0.15, 0.2) is 0 Å². The van der Waals surface area contributed by atoms with E-state index in [2.05, 4.69) is 166 Å². The van der Waals surface area contributed by atoms with Crippen molar-refractivity contribution < 1.29 is 9.15 Å².